The zero-order valence-electron chi connectivity index (χ0n) is 14.1. The summed E-state index contributed by atoms with van der Waals surface area (Å²) in [6, 6.07) is 6.37. The van der Waals surface area contributed by atoms with Gasteiger partial charge in [0.25, 0.3) is 0 Å². The Labute approximate surface area is 150 Å². The predicted octanol–water partition coefficient (Wildman–Crippen LogP) is 2.50. The predicted molar refractivity (Wildman–Crippen MR) is 103 cm³/mol. The van der Waals surface area contributed by atoms with Crippen LogP contribution in [0.4, 0.5) is 0 Å². The van der Waals surface area contributed by atoms with Crippen molar-refractivity contribution in [2.75, 3.05) is 33.9 Å². The van der Waals surface area contributed by atoms with Gasteiger partial charge >= 0.3 is 0 Å². The normalized spacial score (nSPS) is 12.3. The van der Waals surface area contributed by atoms with Gasteiger partial charge in [-0.05, 0) is 31.9 Å². The number of hydrogen-bond donors (Lipinski definition) is 2. The van der Waals surface area contributed by atoms with Gasteiger partial charge in [0.15, 0.2) is 5.96 Å². The molecule has 0 aromatic heterocycles. The number of nitrogens with zero attached hydrogens (tertiary/aromatic N) is 1. The number of aryl methyl sites for hydroxylation is 2. The van der Waals surface area contributed by atoms with Crippen LogP contribution in [0.25, 0.3) is 0 Å². The molecule has 0 bridgehead atoms. The van der Waals surface area contributed by atoms with Gasteiger partial charge in [-0.2, -0.15) is 0 Å². The molecule has 1 aromatic carbocycles. The smallest absolute Gasteiger partial charge is 0.191 e. The van der Waals surface area contributed by atoms with Crippen LogP contribution in [0.15, 0.2) is 23.2 Å². The summed E-state index contributed by atoms with van der Waals surface area (Å²) in [5, 5.41) is 6.47. The molecule has 1 atom stereocenters. The number of aliphatic imine (C=N–C) groups is 1. The monoisotopic (exact) mass is 421 g/mol. The van der Waals surface area contributed by atoms with Gasteiger partial charge in [-0.3, -0.25) is 4.99 Å². The number of methoxy groups -OCH3 is 1. The van der Waals surface area contributed by atoms with E-state index in [4.69, 9.17) is 9.47 Å². The summed E-state index contributed by atoms with van der Waals surface area (Å²) >= 11 is 0. The molecule has 22 heavy (non-hydrogen) atoms. The second-order valence-corrected chi connectivity index (χ2v) is 5.07. The standard InChI is InChI=1S/C16H27N3O2.HI/c1-12-7-6-8-13(2)15(12)21-10-9-18-16(17-4)19-14(3)11-20-5;/h6-8,14H,9-11H2,1-5H3,(H2,17,18,19);1H. The zero-order chi connectivity index (χ0) is 15.7. The average Bonchev–Trinajstić information content (AvgIpc) is 2.45. The first-order valence-electron chi connectivity index (χ1n) is 7.23. The maximum Gasteiger partial charge on any atom is 0.191 e. The minimum Gasteiger partial charge on any atom is -0.491 e. The highest BCUT2D eigenvalue weighted by atomic mass is 127. The van der Waals surface area contributed by atoms with E-state index in [0.29, 0.717) is 19.8 Å². The van der Waals surface area contributed by atoms with Crippen molar-refractivity contribution in [2.45, 2.75) is 26.8 Å². The van der Waals surface area contributed by atoms with Crippen molar-refractivity contribution in [3.8, 4) is 5.75 Å². The number of ether oxygens (including phenoxy) is 2. The van der Waals surface area contributed by atoms with Crippen LogP contribution in [0, 0.1) is 13.8 Å². The summed E-state index contributed by atoms with van der Waals surface area (Å²) in [5.74, 6) is 1.72. The van der Waals surface area contributed by atoms with Crippen LogP contribution in [0.1, 0.15) is 18.1 Å². The lowest BCUT2D eigenvalue weighted by molar-refractivity contribution is 0.179. The SMILES string of the molecule is CN=C(NCCOc1c(C)cccc1C)NC(C)COC.I. The van der Waals surface area contributed by atoms with E-state index in [1.165, 1.54) is 0 Å². The van der Waals surface area contributed by atoms with Crippen LogP contribution < -0.4 is 15.4 Å². The minimum absolute atomic E-state index is 0. The number of halogens is 1. The van der Waals surface area contributed by atoms with Crippen LogP contribution in [-0.2, 0) is 4.74 Å². The van der Waals surface area contributed by atoms with Gasteiger partial charge in [0.05, 0.1) is 13.2 Å². The highest BCUT2D eigenvalue weighted by molar-refractivity contribution is 14.0. The molecule has 0 heterocycles. The van der Waals surface area contributed by atoms with Gasteiger partial charge in [-0.25, -0.2) is 0 Å². The Morgan fingerprint density at radius 2 is 1.91 bits per heavy atom. The van der Waals surface area contributed by atoms with Crippen LogP contribution in [-0.4, -0.2) is 45.9 Å². The first-order chi connectivity index (χ1) is 10.1. The van der Waals surface area contributed by atoms with Gasteiger partial charge in [0.1, 0.15) is 12.4 Å². The third-order valence-corrected chi connectivity index (χ3v) is 3.07. The van der Waals surface area contributed by atoms with Gasteiger partial charge in [0.2, 0.25) is 0 Å². The van der Waals surface area contributed by atoms with Crippen molar-refractivity contribution in [1.82, 2.24) is 10.6 Å². The van der Waals surface area contributed by atoms with Crippen LogP contribution in [0.2, 0.25) is 0 Å². The van der Waals surface area contributed by atoms with Crippen molar-refractivity contribution >= 4 is 29.9 Å². The van der Waals surface area contributed by atoms with E-state index in [0.717, 1.165) is 22.8 Å². The van der Waals surface area contributed by atoms with E-state index in [1.54, 1.807) is 14.2 Å². The first-order valence-corrected chi connectivity index (χ1v) is 7.23. The van der Waals surface area contributed by atoms with Crippen molar-refractivity contribution in [1.29, 1.82) is 0 Å². The fourth-order valence-corrected chi connectivity index (χ4v) is 2.07. The number of hydrogen-bond acceptors (Lipinski definition) is 3. The Balaban J connectivity index is 0.00000441. The van der Waals surface area contributed by atoms with Gasteiger partial charge in [-0.15, -0.1) is 24.0 Å². The molecule has 0 fully saturated rings. The molecule has 1 aromatic rings. The summed E-state index contributed by atoms with van der Waals surface area (Å²) in [6.45, 7) is 8.08. The lowest BCUT2D eigenvalue weighted by atomic mass is 10.1. The summed E-state index contributed by atoms with van der Waals surface area (Å²) < 4.78 is 10.9. The third kappa shape index (κ3) is 7.31. The van der Waals surface area contributed by atoms with Gasteiger partial charge in [-0.1, -0.05) is 18.2 Å². The molecule has 0 amide bonds. The molecule has 5 nitrogen and oxygen atoms in total. The molecule has 0 aliphatic carbocycles. The number of rotatable bonds is 7. The maximum atomic E-state index is 5.84. The molecule has 0 aliphatic rings. The Hall–Kier alpha value is -1.02. The molecule has 1 unspecified atom stereocenters. The fourth-order valence-electron chi connectivity index (χ4n) is 2.07. The Bertz CT molecular complexity index is 446. The average molecular weight is 421 g/mol. The topological polar surface area (TPSA) is 54.9 Å². The summed E-state index contributed by atoms with van der Waals surface area (Å²) in [7, 11) is 3.44. The molecule has 1 rings (SSSR count). The van der Waals surface area contributed by atoms with E-state index in [1.807, 2.05) is 13.0 Å². The quantitative estimate of drug-likeness (QED) is 0.308. The van der Waals surface area contributed by atoms with Gasteiger partial charge < -0.3 is 20.1 Å². The van der Waals surface area contributed by atoms with Crippen molar-refractivity contribution in [3.63, 3.8) is 0 Å². The zero-order valence-corrected chi connectivity index (χ0v) is 16.4. The summed E-state index contributed by atoms with van der Waals surface area (Å²) in [5.41, 5.74) is 2.32. The maximum absolute atomic E-state index is 5.84. The molecule has 0 saturated heterocycles. The first kappa shape index (κ1) is 21.0. The van der Waals surface area contributed by atoms with E-state index in [2.05, 4.69) is 41.6 Å². The van der Waals surface area contributed by atoms with Crippen LogP contribution in [0.3, 0.4) is 0 Å². The second-order valence-electron chi connectivity index (χ2n) is 5.07. The Morgan fingerprint density at radius 3 is 2.45 bits per heavy atom. The number of para-hydroxylation sites is 1. The number of guanidine groups is 1. The van der Waals surface area contributed by atoms with Crippen molar-refractivity contribution in [2.24, 2.45) is 4.99 Å². The van der Waals surface area contributed by atoms with E-state index < -0.39 is 0 Å². The highest BCUT2D eigenvalue weighted by Crippen LogP contribution is 2.21. The Morgan fingerprint density at radius 1 is 1.27 bits per heavy atom. The number of nitrogens with one attached hydrogen (secondary N) is 2. The number of benzene rings is 1. The van der Waals surface area contributed by atoms with E-state index in [9.17, 15) is 0 Å². The third-order valence-electron chi connectivity index (χ3n) is 3.07. The molecular formula is C16H28IN3O2. The Kier molecular flexibility index (Phi) is 11.0. The lowest BCUT2D eigenvalue weighted by Crippen LogP contribution is -2.45. The summed E-state index contributed by atoms with van der Waals surface area (Å²) in [6.07, 6.45) is 0. The lowest BCUT2D eigenvalue weighted by Gasteiger charge is -2.18. The molecular weight excluding hydrogens is 393 g/mol. The molecule has 0 saturated carbocycles. The molecule has 0 radical (unpaired) electrons. The van der Waals surface area contributed by atoms with Crippen LogP contribution >= 0.6 is 24.0 Å². The molecule has 2 N–H and O–H groups in total. The second kappa shape index (κ2) is 11.5. The van der Waals surface area contributed by atoms with Crippen molar-refractivity contribution in [3.05, 3.63) is 29.3 Å². The largest absolute Gasteiger partial charge is 0.491 e. The van der Waals surface area contributed by atoms with E-state index in [-0.39, 0.29) is 30.0 Å². The molecule has 126 valence electrons. The molecule has 0 spiro atoms. The molecule has 0 aliphatic heterocycles. The van der Waals surface area contributed by atoms with Crippen molar-refractivity contribution < 1.29 is 9.47 Å². The van der Waals surface area contributed by atoms with E-state index >= 15 is 0 Å². The highest BCUT2D eigenvalue weighted by Gasteiger charge is 2.05. The minimum atomic E-state index is 0. The fraction of sp³-hybridized carbons (Fsp3) is 0.562. The van der Waals surface area contributed by atoms with Crippen LogP contribution in [0.5, 0.6) is 5.75 Å². The molecule has 6 heteroatoms. The summed E-state index contributed by atoms with van der Waals surface area (Å²) in [4.78, 5) is 4.17. The van der Waals surface area contributed by atoms with Gasteiger partial charge in [0, 0.05) is 20.2 Å².